The number of esters is 1. The van der Waals surface area contributed by atoms with Crippen molar-refractivity contribution in [3.05, 3.63) is 47.5 Å². The Morgan fingerprint density at radius 3 is 2.24 bits per heavy atom. The van der Waals surface area contributed by atoms with Crippen LogP contribution < -0.4 is 0 Å². The minimum absolute atomic E-state index is 0.507. The fourth-order valence-electron chi connectivity index (χ4n) is 1.72. The van der Waals surface area contributed by atoms with Crippen molar-refractivity contribution in [1.29, 1.82) is 0 Å². The molecule has 90 valence electrons. The fourth-order valence-corrected chi connectivity index (χ4v) is 1.72. The number of ether oxygens (including phenoxy) is 1. The first-order valence-corrected chi connectivity index (χ1v) is 4.92. The van der Waals surface area contributed by atoms with Gasteiger partial charge in [0.05, 0.1) is 0 Å². The summed E-state index contributed by atoms with van der Waals surface area (Å²) in [6.07, 6.45) is -3.85. The van der Waals surface area contributed by atoms with Gasteiger partial charge in [-0.15, -0.1) is 0 Å². The predicted octanol–water partition coefficient (Wildman–Crippen LogP) is 2.95. The molecule has 0 saturated carbocycles. The number of alkyl halides is 3. The van der Waals surface area contributed by atoms with Crippen LogP contribution in [0.3, 0.4) is 0 Å². The Morgan fingerprint density at radius 2 is 1.76 bits per heavy atom. The van der Waals surface area contributed by atoms with Gasteiger partial charge in [0.2, 0.25) is 0 Å². The molecular formula is C12H9F3O2. The molecule has 17 heavy (non-hydrogen) atoms. The van der Waals surface area contributed by atoms with E-state index in [1.54, 1.807) is 30.3 Å². The Kier molecular flexibility index (Phi) is 2.49. The number of benzene rings is 1. The topological polar surface area (TPSA) is 26.3 Å². The van der Waals surface area contributed by atoms with E-state index in [-0.39, 0.29) is 0 Å². The second-order valence-corrected chi connectivity index (χ2v) is 3.92. The minimum atomic E-state index is -4.68. The number of carbonyl (C=O) groups excluding carboxylic acids is 1. The van der Waals surface area contributed by atoms with Crippen molar-refractivity contribution in [2.45, 2.75) is 18.7 Å². The molecule has 5 heteroatoms. The zero-order chi connectivity index (χ0) is 12.7. The number of carbonyl (C=O) groups is 1. The van der Waals surface area contributed by atoms with Gasteiger partial charge in [-0.1, -0.05) is 30.3 Å². The van der Waals surface area contributed by atoms with E-state index in [4.69, 9.17) is 4.74 Å². The maximum Gasteiger partial charge on any atom is 0.423 e. The Balaban J connectivity index is 2.44. The molecule has 0 N–H and O–H groups in total. The van der Waals surface area contributed by atoms with Crippen molar-refractivity contribution in [3.63, 3.8) is 0 Å². The molecule has 1 aliphatic heterocycles. The van der Waals surface area contributed by atoms with E-state index in [1.807, 2.05) is 0 Å². The quantitative estimate of drug-likeness (QED) is 0.708. The molecule has 1 heterocycles. The molecule has 0 saturated heterocycles. The van der Waals surface area contributed by atoms with Crippen LogP contribution in [-0.2, 0) is 15.1 Å². The Labute approximate surface area is 95.7 Å². The van der Waals surface area contributed by atoms with Crippen molar-refractivity contribution >= 4 is 5.97 Å². The van der Waals surface area contributed by atoms with Crippen LogP contribution >= 0.6 is 0 Å². The number of hydrogen-bond donors (Lipinski definition) is 0. The summed E-state index contributed by atoms with van der Waals surface area (Å²) in [6.45, 7) is 1.43. The molecule has 0 radical (unpaired) electrons. The molecule has 2 nitrogen and oxygen atoms in total. The van der Waals surface area contributed by atoms with Crippen LogP contribution in [0, 0.1) is 0 Å². The Hall–Kier alpha value is -1.78. The lowest BCUT2D eigenvalue weighted by atomic mass is 9.95. The van der Waals surface area contributed by atoms with Crippen LogP contribution in [0.1, 0.15) is 12.5 Å². The summed E-state index contributed by atoms with van der Waals surface area (Å²) in [5, 5.41) is 0. The largest absolute Gasteiger partial charge is 0.447 e. The van der Waals surface area contributed by atoms with Crippen LogP contribution in [0.15, 0.2) is 42.0 Å². The first-order chi connectivity index (χ1) is 7.83. The maximum absolute atomic E-state index is 12.5. The lowest BCUT2D eigenvalue weighted by Crippen LogP contribution is -2.21. The molecule has 2 rings (SSSR count). The number of rotatable bonds is 1. The highest BCUT2D eigenvalue weighted by Gasteiger charge is 2.49. The van der Waals surface area contributed by atoms with Gasteiger partial charge in [0.1, 0.15) is 5.57 Å². The first-order valence-electron chi connectivity index (χ1n) is 4.92. The van der Waals surface area contributed by atoms with Gasteiger partial charge in [-0.05, 0) is 18.6 Å². The lowest BCUT2D eigenvalue weighted by molar-refractivity contribution is -0.154. The van der Waals surface area contributed by atoms with Gasteiger partial charge >= 0.3 is 12.1 Å². The number of hydrogen-bond acceptors (Lipinski definition) is 2. The predicted molar refractivity (Wildman–Crippen MR) is 54.0 cm³/mol. The summed E-state index contributed by atoms with van der Waals surface area (Å²) >= 11 is 0. The third-order valence-corrected chi connectivity index (χ3v) is 2.60. The van der Waals surface area contributed by atoms with Gasteiger partial charge in [-0.2, -0.15) is 13.2 Å². The van der Waals surface area contributed by atoms with Gasteiger partial charge in [-0.25, -0.2) is 4.79 Å². The second kappa shape index (κ2) is 3.61. The van der Waals surface area contributed by atoms with Crippen LogP contribution in [0.4, 0.5) is 13.2 Å². The monoisotopic (exact) mass is 242 g/mol. The van der Waals surface area contributed by atoms with Crippen LogP contribution in [-0.4, -0.2) is 12.1 Å². The van der Waals surface area contributed by atoms with Gasteiger partial charge in [0.25, 0.3) is 0 Å². The molecule has 1 atom stereocenters. The van der Waals surface area contributed by atoms with Crippen LogP contribution in [0.5, 0.6) is 0 Å². The second-order valence-electron chi connectivity index (χ2n) is 3.92. The standard InChI is InChI=1S/C12H9F3O2/c1-11(8-5-3-2-4-6-8)7-9(10(16)17-11)12(13,14)15/h2-7H,1H3. The van der Waals surface area contributed by atoms with Crippen LogP contribution in [0.2, 0.25) is 0 Å². The third-order valence-electron chi connectivity index (χ3n) is 2.60. The first kappa shape index (κ1) is 11.7. The highest BCUT2D eigenvalue weighted by atomic mass is 19.4. The molecule has 0 amide bonds. The Bertz CT molecular complexity index is 476. The molecule has 0 aromatic heterocycles. The van der Waals surface area contributed by atoms with E-state index in [9.17, 15) is 18.0 Å². The zero-order valence-electron chi connectivity index (χ0n) is 8.91. The maximum atomic E-state index is 12.5. The number of cyclic esters (lactones) is 1. The summed E-state index contributed by atoms with van der Waals surface area (Å²) in [6, 6.07) is 8.31. The van der Waals surface area contributed by atoms with E-state index in [2.05, 4.69) is 0 Å². The van der Waals surface area contributed by atoms with Gasteiger partial charge in [0.15, 0.2) is 5.60 Å². The zero-order valence-corrected chi connectivity index (χ0v) is 8.91. The van der Waals surface area contributed by atoms with Crippen molar-refractivity contribution in [3.8, 4) is 0 Å². The summed E-state index contributed by atoms with van der Waals surface area (Å²) < 4.78 is 42.3. The van der Waals surface area contributed by atoms with E-state index in [0.717, 1.165) is 6.08 Å². The summed E-state index contributed by atoms with van der Waals surface area (Å²) in [4.78, 5) is 11.2. The minimum Gasteiger partial charge on any atom is -0.447 e. The van der Waals surface area contributed by atoms with E-state index < -0.39 is 23.3 Å². The van der Waals surface area contributed by atoms with Gasteiger partial charge < -0.3 is 4.74 Å². The molecule has 1 unspecified atom stereocenters. The molecular weight excluding hydrogens is 233 g/mol. The van der Waals surface area contributed by atoms with Crippen molar-refractivity contribution in [1.82, 2.24) is 0 Å². The van der Waals surface area contributed by atoms with Gasteiger partial charge in [0, 0.05) is 0 Å². The van der Waals surface area contributed by atoms with E-state index >= 15 is 0 Å². The average molecular weight is 242 g/mol. The average Bonchev–Trinajstić information content (AvgIpc) is 2.57. The molecule has 0 fully saturated rings. The fraction of sp³-hybridized carbons (Fsp3) is 0.250. The van der Waals surface area contributed by atoms with Crippen molar-refractivity contribution in [2.75, 3.05) is 0 Å². The molecule has 0 bridgehead atoms. The van der Waals surface area contributed by atoms with Crippen molar-refractivity contribution in [2.24, 2.45) is 0 Å². The molecule has 1 aliphatic rings. The summed E-state index contributed by atoms with van der Waals surface area (Å²) in [5.74, 6) is -1.33. The smallest absolute Gasteiger partial charge is 0.423 e. The molecule has 1 aromatic carbocycles. The molecule has 0 aliphatic carbocycles. The molecule has 1 aromatic rings. The highest BCUT2D eigenvalue weighted by Crippen LogP contribution is 2.40. The lowest BCUT2D eigenvalue weighted by Gasteiger charge is -2.21. The van der Waals surface area contributed by atoms with E-state index in [1.165, 1.54) is 6.92 Å². The van der Waals surface area contributed by atoms with Crippen molar-refractivity contribution < 1.29 is 22.7 Å². The van der Waals surface area contributed by atoms with Gasteiger partial charge in [-0.3, -0.25) is 0 Å². The summed E-state index contributed by atoms with van der Waals surface area (Å²) in [7, 11) is 0. The Morgan fingerprint density at radius 1 is 1.18 bits per heavy atom. The summed E-state index contributed by atoms with van der Waals surface area (Å²) in [5.41, 5.74) is -2.08. The van der Waals surface area contributed by atoms with Crippen LogP contribution in [0.25, 0.3) is 0 Å². The normalized spacial score (nSPS) is 24.5. The van der Waals surface area contributed by atoms with E-state index in [0.29, 0.717) is 5.56 Å². The third kappa shape index (κ3) is 2.05. The number of halogens is 3. The SMILES string of the molecule is CC1(c2ccccc2)C=C(C(F)(F)F)C(=O)O1. The highest BCUT2D eigenvalue weighted by molar-refractivity contribution is 5.93. The molecule has 0 spiro atoms.